The van der Waals surface area contributed by atoms with E-state index in [0.29, 0.717) is 0 Å². The molecular formula is C38H33IrN3O-2. The quantitative estimate of drug-likeness (QED) is 0.170. The van der Waals surface area contributed by atoms with Crippen LogP contribution in [0.4, 0.5) is 0 Å². The predicted molar refractivity (Wildman–Crippen MR) is 172 cm³/mol. The van der Waals surface area contributed by atoms with Crippen molar-refractivity contribution in [2.24, 2.45) is 5.41 Å². The molecule has 5 heteroatoms. The second-order valence-corrected chi connectivity index (χ2v) is 11.9. The molecule has 0 atom stereocenters. The van der Waals surface area contributed by atoms with E-state index in [9.17, 15) is 0 Å². The van der Waals surface area contributed by atoms with Gasteiger partial charge in [-0.1, -0.05) is 67.6 Å². The van der Waals surface area contributed by atoms with Crippen LogP contribution < -0.4 is 0 Å². The van der Waals surface area contributed by atoms with Crippen LogP contribution in [0.5, 0.6) is 0 Å². The van der Waals surface area contributed by atoms with Crippen LogP contribution in [0.25, 0.3) is 55.2 Å². The maximum Gasteiger partial charge on any atom is 0.130 e. The number of benzene rings is 3. The van der Waals surface area contributed by atoms with Crippen LogP contribution in [0.15, 0.2) is 102 Å². The molecule has 0 unspecified atom stereocenters. The number of rotatable bonds is 3. The number of fused-ring (bicyclic) bond motifs is 5. The van der Waals surface area contributed by atoms with Gasteiger partial charge in [-0.05, 0) is 60.2 Å². The van der Waals surface area contributed by atoms with Gasteiger partial charge < -0.3 is 14.4 Å². The average molecular weight is 740 g/mol. The molecule has 0 bridgehead atoms. The maximum absolute atomic E-state index is 6.45. The van der Waals surface area contributed by atoms with Crippen molar-refractivity contribution >= 4 is 32.7 Å². The van der Waals surface area contributed by atoms with Crippen LogP contribution in [-0.2, 0) is 26.5 Å². The summed E-state index contributed by atoms with van der Waals surface area (Å²) in [6.45, 7) is 10.9. The first-order valence-electron chi connectivity index (χ1n) is 14.2. The molecule has 7 rings (SSSR count). The van der Waals surface area contributed by atoms with Gasteiger partial charge in [-0.3, -0.25) is 4.98 Å². The Bertz CT molecular complexity index is 1970. The Morgan fingerprint density at radius 2 is 1.53 bits per heavy atom. The summed E-state index contributed by atoms with van der Waals surface area (Å²) in [5, 5.41) is 4.35. The van der Waals surface area contributed by atoms with Gasteiger partial charge in [0.05, 0.1) is 5.58 Å². The molecule has 0 aliphatic rings. The van der Waals surface area contributed by atoms with Crippen molar-refractivity contribution in [3.63, 3.8) is 0 Å². The van der Waals surface area contributed by atoms with Crippen molar-refractivity contribution < 1.29 is 24.5 Å². The first-order valence-corrected chi connectivity index (χ1v) is 14.2. The fourth-order valence-electron chi connectivity index (χ4n) is 5.26. The van der Waals surface area contributed by atoms with Gasteiger partial charge in [0.25, 0.3) is 0 Å². The van der Waals surface area contributed by atoms with Gasteiger partial charge in [-0.2, -0.15) is 0 Å². The second-order valence-electron chi connectivity index (χ2n) is 11.9. The van der Waals surface area contributed by atoms with Crippen molar-refractivity contribution in [2.75, 3.05) is 0 Å². The van der Waals surface area contributed by atoms with Crippen LogP contribution in [-0.4, -0.2) is 15.0 Å². The molecule has 0 saturated carbocycles. The summed E-state index contributed by atoms with van der Waals surface area (Å²) in [6, 6.07) is 32.8. The first kappa shape index (κ1) is 30.3. The van der Waals surface area contributed by atoms with Crippen molar-refractivity contribution in [1.82, 2.24) is 15.0 Å². The van der Waals surface area contributed by atoms with Gasteiger partial charge in [0.2, 0.25) is 0 Å². The van der Waals surface area contributed by atoms with Gasteiger partial charge in [0, 0.05) is 55.2 Å². The Kier molecular flexibility index (Phi) is 8.87. The maximum atomic E-state index is 6.45. The number of hydrogen-bond donors (Lipinski definition) is 0. The Hall–Kier alpha value is -4.18. The fraction of sp³-hybridized carbons (Fsp3) is 0.184. The zero-order valence-electron chi connectivity index (χ0n) is 25.0. The minimum Gasteiger partial charge on any atom is -0.500 e. The number of hydrogen-bond acceptors (Lipinski definition) is 4. The van der Waals surface area contributed by atoms with Crippen LogP contribution in [0, 0.1) is 31.4 Å². The van der Waals surface area contributed by atoms with Crippen LogP contribution in [0.2, 0.25) is 0 Å². The summed E-state index contributed by atoms with van der Waals surface area (Å²) in [6.07, 6.45) is 6.66. The standard InChI is InChI=1S/C27H25N2O.C11H8N.Ir/c1-16-14-29-24(12-19(16)13-27(3,4)5)22-8-6-7-20-21-10-9-18-11-17(2)28-15-23(18)26(21)30-25(20)22;1-2-6-10(7-3-1)11-8-4-5-9-12-11;/h6-7,9-12,14-15H,13H2,1-5H3;1-6,8-9H;/q2*-1;. The SMILES string of the molecule is Cc1cc2ccc3c4cc[c-]c(-c5cc(CC(C)(C)C)c(C)cn5)c4oc3c2cn1.[Ir].[c-]1ccccc1-c1ccccn1. The average Bonchev–Trinajstić information content (AvgIpc) is 3.38. The van der Waals surface area contributed by atoms with E-state index >= 15 is 0 Å². The van der Waals surface area contributed by atoms with Crippen molar-refractivity contribution in [3.8, 4) is 22.5 Å². The van der Waals surface area contributed by atoms with E-state index < -0.39 is 0 Å². The molecule has 0 amide bonds. The van der Waals surface area contributed by atoms with Crippen LogP contribution in [0.1, 0.15) is 37.6 Å². The number of aryl methyl sites for hydroxylation is 2. The normalized spacial score (nSPS) is 11.3. The van der Waals surface area contributed by atoms with Gasteiger partial charge in [-0.25, -0.2) is 0 Å². The molecular weight excluding hydrogens is 707 g/mol. The summed E-state index contributed by atoms with van der Waals surface area (Å²) in [4.78, 5) is 13.4. The number of furan rings is 1. The molecule has 43 heavy (non-hydrogen) atoms. The number of aromatic nitrogens is 3. The summed E-state index contributed by atoms with van der Waals surface area (Å²) in [5.41, 5.74) is 9.28. The summed E-state index contributed by atoms with van der Waals surface area (Å²) in [7, 11) is 0. The molecule has 4 heterocycles. The van der Waals surface area contributed by atoms with Crippen molar-refractivity contribution in [1.29, 1.82) is 0 Å². The molecule has 0 aliphatic carbocycles. The molecule has 0 spiro atoms. The molecule has 7 aromatic rings. The van der Waals surface area contributed by atoms with E-state index in [0.717, 1.165) is 67.3 Å². The molecule has 4 aromatic heterocycles. The van der Waals surface area contributed by atoms with Gasteiger partial charge >= 0.3 is 0 Å². The monoisotopic (exact) mass is 740 g/mol. The topological polar surface area (TPSA) is 51.8 Å². The minimum absolute atomic E-state index is 0. The zero-order chi connectivity index (χ0) is 29.3. The molecule has 4 nitrogen and oxygen atoms in total. The second kappa shape index (κ2) is 12.6. The van der Waals surface area contributed by atoms with E-state index in [4.69, 9.17) is 9.40 Å². The molecule has 1 radical (unpaired) electrons. The van der Waals surface area contributed by atoms with Crippen molar-refractivity contribution in [2.45, 2.75) is 41.0 Å². The smallest absolute Gasteiger partial charge is 0.130 e. The zero-order valence-corrected chi connectivity index (χ0v) is 27.4. The summed E-state index contributed by atoms with van der Waals surface area (Å²) < 4.78 is 6.45. The van der Waals surface area contributed by atoms with Crippen molar-refractivity contribution in [3.05, 3.63) is 126 Å². The Morgan fingerprint density at radius 1 is 0.721 bits per heavy atom. The van der Waals surface area contributed by atoms with Gasteiger partial charge in [0.15, 0.2) is 0 Å². The Balaban J connectivity index is 0.000000238. The molecule has 217 valence electrons. The van der Waals surface area contributed by atoms with Gasteiger partial charge in [0.1, 0.15) is 5.58 Å². The molecule has 0 saturated heterocycles. The predicted octanol–water partition coefficient (Wildman–Crippen LogP) is 9.75. The summed E-state index contributed by atoms with van der Waals surface area (Å²) >= 11 is 0. The van der Waals surface area contributed by atoms with E-state index in [1.54, 1.807) is 6.20 Å². The largest absolute Gasteiger partial charge is 0.500 e. The first-order chi connectivity index (χ1) is 20.3. The number of pyridine rings is 3. The summed E-state index contributed by atoms with van der Waals surface area (Å²) in [5.74, 6) is 0. The van der Waals surface area contributed by atoms with E-state index in [2.05, 4.69) is 80.1 Å². The van der Waals surface area contributed by atoms with Crippen LogP contribution in [0.3, 0.4) is 0 Å². The van der Waals surface area contributed by atoms with Gasteiger partial charge in [-0.15, -0.1) is 54.1 Å². The fourth-order valence-corrected chi connectivity index (χ4v) is 5.26. The molecule has 0 aliphatic heterocycles. The Labute approximate surface area is 266 Å². The molecule has 3 aromatic carbocycles. The minimum atomic E-state index is 0. The third-order valence-electron chi connectivity index (χ3n) is 7.28. The number of nitrogens with zero attached hydrogens (tertiary/aromatic N) is 3. The van der Waals surface area contributed by atoms with E-state index in [1.807, 2.05) is 67.8 Å². The third kappa shape index (κ3) is 6.59. The van der Waals surface area contributed by atoms with E-state index in [-0.39, 0.29) is 25.5 Å². The molecule has 0 fully saturated rings. The molecule has 0 N–H and O–H groups in total. The third-order valence-corrected chi connectivity index (χ3v) is 7.28. The van der Waals surface area contributed by atoms with E-state index in [1.165, 1.54) is 11.1 Å². The van der Waals surface area contributed by atoms with Crippen LogP contribution >= 0.6 is 0 Å². The Morgan fingerprint density at radius 3 is 2.28 bits per heavy atom.